The molecule has 26 heavy (non-hydrogen) atoms. The van der Waals surface area contributed by atoms with Crippen LogP contribution in [0.5, 0.6) is 0 Å². The summed E-state index contributed by atoms with van der Waals surface area (Å²) in [4.78, 5) is 28.7. The molecule has 2 aromatic rings. The summed E-state index contributed by atoms with van der Waals surface area (Å²) in [6.07, 6.45) is 1.33. The Morgan fingerprint density at radius 2 is 2.12 bits per heavy atom. The lowest BCUT2D eigenvalue weighted by Gasteiger charge is -2.32. The number of nitrogens with zero attached hydrogens (tertiary/aromatic N) is 1. The zero-order valence-electron chi connectivity index (χ0n) is 13.2. The van der Waals surface area contributed by atoms with E-state index in [-0.39, 0.29) is 17.3 Å². The lowest BCUT2D eigenvalue weighted by molar-refractivity contribution is -0.123. The van der Waals surface area contributed by atoms with Crippen LogP contribution in [-0.4, -0.2) is 23.3 Å². The third kappa shape index (κ3) is 2.24. The van der Waals surface area contributed by atoms with Crippen molar-refractivity contribution in [1.82, 2.24) is 10.3 Å². The molecule has 1 spiro atoms. The number of fused-ring (bicyclic) bond motifs is 2. The van der Waals surface area contributed by atoms with Crippen LogP contribution >= 0.6 is 23.2 Å². The van der Waals surface area contributed by atoms with Crippen LogP contribution in [0.4, 0.5) is 10.1 Å². The average Bonchev–Trinajstić information content (AvgIpc) is 3.10. The zero-order valence-corrected chi connectivity index (χ0v) is 14.7. The minimum Gasteiger partial charge on any atom is -0.369 e. The maximum Gasteiger partial charge on any atom is 0.250 e. The first kappa shape index (κ1) is 17.2. The second-order valence-corrected chi connectivity index (χ2v) is 7.12. The van der Waals surface area contributed by atoms with E-state index in [1.165, 1.54) is 12.3 Å². The molecule has 9 heteroatoms. The van der Waals surface area contributed by atoms with Gasteiger partial charge in [0, 0.05) is 34.9 Å². The molecule has 0 radical (unpaired) electrons. The molecule has 6 nitrogen and oxygen atoms in total. The minimum atomic E-state index is -1.36. The van der Waals surface area contributed by atoms with Crippen LogP contribution in [0.2, 0.25) is 10.2 Å². The second kappa shape index (κ2) is 5.90. The number of nitrogens with one attached hydrogen (secondary N) is 2. The van der Waals surface area contributed by atoms with E-state index in [1.807, 2.05) is 0 Å². The Kier molecular flexibility index (Phi) is 3.91. The fraction of sp³-hybridized carbons (Fsp3) is 0.235. The third-order valence-corrected chi connectivity index (χ3v) is 5.56. The number of carbonyl (C=O) groups excluding carboxylic acids is 2. The van der Waals surface area contributed by atoms with Crippen molar-refractivity contribution in [1.29, 1.82) is 0 Å². The Hall–Kier alpha value is -2.22. The lowest BCUT2D eigenvalue weighted by Crippen LogP contribution is -2.47. The van der Waals surface area contributed by atoms with E-state index in [4.69, 9.17) is 28.9 Å². The highest BCUT2D eigenvalue weighted by molar-refractivity contribution is 6.31. The fourth-order valence-corrected chi connectivity index (χ4v) is 4.32. The number of anilines is 1. The summed E-state index contributed by atoms with van der Waals surface area (Å²) in [5.41, 5.74) is 5.39. The highest BCUT2D eigenvalue weighted by atomic mass is 35.5. The minimum absolute atomic E-state index is 0.108. The maximum atomic E-state index is 14.8. The first-order chi connectivity index (χ1) is 12.4. The SMILES string of the molecule is NC(=O)C1CN[C@@]2(C(=O)Nc3cc(Cl)ccc32)[C@H]1c1ccnc(Cl)c1F. The summed E-state index contributed by atoms with van der Waals surface area (Å²) >= 11 is 11.8. The average molecular weight is 395 g/mol. The molecular formula is C17H13Cl2FN4O2. The number of rotatable bonds is 2. The Morgan fingerprint density at radius 3 is 2.85 bits per heavy atom. The molecule has 0 bridgehead atoms. The van der Waals surface area contributed by atoms with Crippen LogP contribution in [0.25, 0.3) is 0 Å². The lowest BCUT2D eigenvalue weighted by atomic mass is 9.72. The molecule has 0 aliphatic carbocycles. The van der Waals surface area contributed by atoms with Crippen molar-refractivity contribution in [3.63, 3.8) is 0 Å². The predicted molar refractivity (Wildman–Crippen MR) is 94.4 cm³/mol. The number of benzene rings is 1. The molecule has 4 rings (SSSR count). The van der Waals surface area contributed by atoms with Crippen LogP contribution in [0.15, 0.2) is 30.5 Å². The summed E-state index contributed by atoms with van der Waals surface area (Å²) in [6, 6.07) is 6.34. The number of aromatic nitrogens is 1. The summed E-state index contributed by atoms with van der Waals surface area (Å²) in [5.74, 6) is -3.51. The summed E-state index contributed by atoms with van der Waals surface area (Å²) in [6.45, 7) is 0.120. The molecule has 3 atom stereocenters. The molecule has 1 aromatic heterocycles. The normalized spacial score (nSPS) is 26.8. The van der Waals surface area contributed by atoms with Gasteiger partial charge in [0.05, 0.1) is 5.92 Å². The number of pyridine rings is 1. The predicted octanol–water partition coefficient (Wildman–Crippen LogP) is 2.16. The standard InChI is InChI=1S/C17H13Cl2FN4O2/c18-7-1-2-10-11(5-7)24-16(26)17(10)12(9(6-23-17)15(21)25)8-3-4-22-14(19)13(8)20/h1-5,9,12,23H,6H2,(H2,21,25)(H,24,26)/t9?,12-,17+/m0/s1. The van der Waals surface area contributed by atoms with E-state index in [0.29, 0.717) is 16.3 Å². The van der Waals surface area contributed by atoms with E-state index in [2.05, 4.69) is 15.6 Å². The van der Waals surface area contributed by atoms with E-state index < -0.39 is 35.0 Å². The largest absolute Gasteiger partial charge is 0.369 e. The number of amides is 2. The molecular weight excluding hydrogens is 382 g/mol. The number of primary amides is 1. The van der Waals surface area contributed by atoms with Gasteiger partial charge in [0.2, 0.25) is 11.8 Å². The van der Waals surface area contributed by atoms with Gasteiger partial charge in [0.15, 0.2) is 11.0 Å². The van der Waals surface area contributed by atoms with Crippen molar-refractivity contribution in [3.05, 3.63) is 57.6 Å². The van der Waals surface area contributed by atoms with E-state index in [9.17, 15) is 14.0 Å². The van der Waals surface area contributed by atoms with Gasteiger partial charge in [-0.3, -0.25) is 14.9 Å². The van der Waals surface area contributed by atoms with Gasteiger partial charge in [-0.2, -0.15) is 0 Å². The molecule has 2 amide bonds. The van der Waals surface area contributed by atoms with Gasteiger partial charge in [0.1, 0.15) is 5.54 Å². The molecule has 134 valence electrons. The molecule has 1 aromatic carbocycles. The first-order valence-electron chi connectivity index (χ1n) is 7.82. The van der Waals surface area contributed by atoms with Crippen molar-refractivity contribution in [2.75, 3.05) is 11.9 Å². The van der Waals surface area contributed by atoms with Crippen LogP contribution < -0.4 is 16.4 Å². The Balaban J connectivity index is 1.98. The molecule has 0 saturated carbocycles. The number of carbonyl (C=O) groups is 2. The van der Waals surface area contributed by atoms with Crippen LogP contribution in [0.1, 0.15) is 17.0 Å². The maximum absolute atomic E-state index is 14.8. The molecule has 1 fully saturated rings. The van der Waals surface area contributed by atoms with E-state index in [1.54, 1.807) is 18.2 Å². The zero-order chi connectivity index (χ0) is 18.6. The van der Waals surface area contributed by atoms with Crippen molar-refractivity contribution in [2.24, 2.45) is 11.7 Å². The molecule has 2 aliphatic heterocycles. The summed E-state index contributed by atoms with van der Waals surface area (Å²) in [7, 11) is 0. The number of hydrogen-bond donors (Lipinski definition) is 3. The summed E-state index contributed by atoms with van der Waals surface area (Å²) < 4.78 is 14.8. The monoisotopic (exact) mass is 394 g/mol. The highest BCUT2D eigenvalue weighted by Crippen LogP contribution is 2.52. The Morgan fingerprint density at radius 1 is 1.35 bits per heavy atom. The fourth-order valence-electron chi connectivity index (χ4n) is 3.98. The van der Waals surface area contributed by atoms with Crippen molar-refractivity contribution >= 4 is 40.7 Å². The van der Waals surface area contributed by atoms with Crippen molar-refractivity contribution < 1.29 is 14.0 Å². The van der Waals surface area contributed by atoms with Gasteiger partial charge in [-0.05, 0) is 23.8 Å². The van der Waals surface area contributed by atoms with Crippen molar-refractivity contribution in [3.8, 4) is 0 Å². The van der Waals surface area contributed by atoms with Gasteiger partial charge in [-0.1, -0.05) is 29.3 Å². The number of halogens is 3. The van der Waals surface area contributed by atoms with Crippen molar-refractivity contribution in [2.45, 2.75) is 11.5 Å². The number of nitrogens with two attached hydrogens (primary N) is 1. The smallest absolute Gasteiger partial charge is 0.250 e. The summed E-state index contributed by atoms with van der Waals surface area (Å²) in [5, 5.41) is 5.97. The Labute approximate surface area is 157 Å². The first-order valence-corrected chi connectivity index (χ1v) is 8.57. The van der Waals surface area contributed by atoms with Gasteiger partial charge in [-0.25, -0.2) is 9.37 Å². The van der Waals surface area contributed by atoms with E-state index >= 15 is 0 Å². The quantitative estimate of drug-likeness (QED) is 0.679. The topological polar surface area (TPSA) is 97.1 Å². The molecule has 4 N–H and O–H groups in total. The van der Waals surface area contributed by atoms with Gasteiger partial charge in [0.25, 0.3) is 0 Å². The third-order valence-electron chi connectivity index (χ3n) is 5.06. The molecule has 3 heterocycles. The van der Waals surface area contributed by atoms with Gasteiger partial charge < -0.3 is 11.1 Å². The Bertz CT molecular complexity index is 954. The molecule has 2 aliphatic rings. The second-order valence-electron chi connectivity index (χ2n) is 6.32. The molecule has 1 unspecified atom stereocenters. The van der Waals surface area contributed by atoms with Gasteiger partial charge >= 0.3 is 0 Å². The van der Waals surface area contributed by atoms with Crippen LogP contribution in [0.3, 0.4) is 0 Å². The number of hydrogen-bond acceptors (Lipinski definition) is 4. The highest BCUT2D eigenvalue weighted by Gasteiger charge is 2.60. The van der Waals surface area contributed by atoms with E-state index in [0.717, 1.165) is 0 Å². The molecule has 1 saturated heterocycles. The van der Waals surface area contributed by atoms with Crippen LogP contribution in [0, 0.1) is 11.7 Å². The van der Waals surface area contributed by atoms with Crippen LogP contribution in [-0.2, 0) is 15.1 Å². The van der Waals surface area contributed by atoms with Gasteiger partial charge in [-0.15, -0.1) is 0 Å².